The number of carbonyl (C=O) groups is 2. The first kappa shape index (κ1) is 16.0. The second kappa shape index (κ2) is 6.40. The fourth-order valence-corrected chi connectivity index (χ4v) is 2.85. The number of aliphatic carboxylic acids is 1. The van der Waals surface area contributed by atoms with Gasteiger partial charge in [-0.15, -0.1) is 0 Å². The van der Waals surface area contributed by atoms with Crippen molar-refractivity contribution < 1.29 is 19.4 Å². The minimum atomic E-state index is -0.955. The molecule has 110 valence electrons. The Kier molecular flexibility index (Phi) is 5.39. The fourth-order valence-electron chi connectivity index (χ4n) is 2.85. The molecule has 1 aliphatic rings. The van der Waals surface area contributed by atoms with Crippen LogP contribution < -0.4 is 0 Å². The average Bonchev–Trinajstić information content (AvgIpc) is 2.27. The largest absolute Gasteiger partial charge is 0.481 e. The van der Waals surface area contributed by atoms with Crippen molar-refractivity contribution in [2.45, 2.75) is 65.9 Å². The van der Waals surface area contributed by atoms with E-state index in [0.29, 0.717) is 11.3 Å². The maximum atomic E-state index is 11.7. The maximum absolute atomic E-state index is 11.7. The molecular weight excluding hydrogens is 244 g/mol. The van der Waals surface area contributed by atoms with Gasteiger partial charge in [0.15, 0.2) is 0 Å². The molecule has 1 fully saturated rings. The van der Waals surface area contributed by atoms with Gasteiger partial charge in [0.05, 0.1) is 12.3 Å². The lowest BCUT2D eigenvalue weighted by Gasteiger charge is -2.37. The first-order valence-corrected chi connectivity index (χ1v) is 7.13. The molecule has 4 heteroatoms. The Morgan fingerprint density at radius 3 is 2.53 bits per heavy atom. The van der Waals surface area contributed by atoms with Crippen LogP contribution in [0, 0.1) is 17.3 Å². The zero-order valence-corrected chi connectivity index (χ0v) is 12.4. The van der Waals surface area contributed by atoms with Gasteiger partial charge in [-0.3, -0.25) is 9.59 Å². The molecule has 0 radical (unpaired) electrons. The van der Waals surface area contributed by atoms with Gasteiger partial charge >= 0.3 is 11.9 Å². The molecular formula is C15H26O4. The highest BCUT2D eigenvalue weighted by Gasteiger charge is 2.32. The molecule has 4 nitrogen and oxygen atoms in total. The van der Waals surface area contributed by atoms with Gasteiger partial charge in [0.25, 0.3) is 0 Å². The SMILES string of the molecule is C[C@H](CC(=O)O[C@H](C)[C@@H]1CCCC(C)(C)C1)C(=O)O. The summed E-state index contributed by atoms with van der Waals surface area (Å²) in [4.78, 5) is 22.4. The molecule has 0 bridgehead atoms. The maximum Gasteiger partial charge on any atom is 0.306 e. The Morgan fingerprint density at radius 2 is 2.00 bits per heavy atom. The molecule has 0 heterocycles. The third-order valence-corrected chi connectivity index (χ3v) is 4.12. The van der Waals surface area contributed by atoms with E-state index in [-0.39, 0.29) is 12.5 Å². The summed E-state index contributed by atoms with van der Waals surface area (Å²) in [5.74, 6) is -1.63. The minimum Gasteiger partial charge on any atom is -0.481 e. The van der Waals surface area contributed by atoms with E-state index in [2.05, 4.69) is 13.8 Å². The van der Waals surface area contributed by atoms with Crippen LogP contribution in [0.5, 0.6) is 0 Å². The molecule has 1 N–H and O–H groups in total. The summed E-state index contributed by atoms with van der Waals surface area (Å²) in [6, 6.07) is 0. The van der Waals surface area contributed by atoms with E-state index in [1.165, 1.54) is 19.8 Å². The zero-order valence-electron chi connectivity index (χ0n) is 12.4. The van der Waals surface area contributed by atoms with E-state index >= 15 is 0 Å². The van der Waals surface area contributed by atoms with Gasteiger partial charge in [0.1, 0.15) is 6.10 Å². The van der Waals surface area contributed by atoms with Crippen molar-refractivity contribution in [2.24, 2.45) is 17.3 Å². The van der Waals surface area contributed by atoms with Crippen LogP contribution in [0.2, 0.25) is 0 Å². The van der Waals surface area contributed by atoms with Gasteiger partial charge in [0, 0.05) is 0 Å². The van der Waals surface area contributed by atoms with Crippen LogP contribution in [0.4, 0.5) is 0 Å². The predicted molar refractivity (Wildman–Crippen MR) is 72.7 cm³/mol. The lowest BCUT2D eigenvalue weighted by molar-refractivity contribution is -0.157. The summed E-state index contributed by atoms with van der Waals surface area (Å²) in [5.41, 5.74) is 0.317. The van der Waals surface area contributed by atoms with E-state index in [9.17, 15) is 9.59 Å². The third-order valence-electron chi connectivity index (χ3n) is 4.12. The standard InChI is InChI=1S/C15H26O4/c1-10(14(17)18)8-13(16)19-11(2)12-6-5-7-15(3,4)9-12/h10-12H,5-9H2,1-4H3,(H,17,18)/t10-,11-,12-/m1/s1. The van der Waals surface area contributed by atoms with E-state index < -0.39 is 17.9 Å². The molecule has 19 heavy (non-hydrogen) atoms. The number of rotatable bonds is 5. The predicted octanol–water partition coefficient (Wildman–Crippen LogP) is 3.25. The van der Waals surface area contributed by atoms with Gasteiger partial charge in [-0.1, -0.05) is 27.2 Å². The molecule has 1 rings (SSSR count). The Labute approximate surface area is 115 Å². The highest BCUT2D eigenvalue weighted by molar-refractivity contribution is 5.78. The summed E-state index contributed by atoms with van der Waals surface area (Å²) < 4.78 is 5.40. The summed E-state index contributed by atoms with van der Waals surface area (Å²) in [6.45, 7) is 7.95. The average molecular weight is 270 g/mol. The number of carboxylic acid groups (broad SMARTS) is 1. The molecule has 0 aromatic carbocycles. The quantitative estimate of drug-likeness (QED) is 0.779. The summed E-state index contributed by atoms with van der Waals surface area (Å²) >= 11 is 0. The molecule has 0 spiro atoms. The third kappa shape index (κ3) is 5.21. The molecule has 0 aromatic rings. The number of carbonyl (C=O) groups excluding carboxylic acids is 1. The Hall–Kier alpha value is -1.06. The van der Waals surface area contributed by atoms with Crippen LogP contribution in [0.15, 0.2) is 0 Å². The van der Waals surface area contributed by atoms with Crippen molar-refractivity contribution in [1.82, 2.24) is 0 Å². The normalized spacial score (nSPS) is 25.4. The van der Waals surface area contributed by atoms with E-state index in [0.717, 1.165) is 12.8 Å². The van der Waals surface area contributed by atoms with E-state index in [1.807, 2.05) is 6.92 Å². The van der Waals surface area contributed by atoms with Gasteiger partial charge < -0.3 is 9.84 Å². The first-order chi connectivity index (χ1) is 8.71. The fraction of sp³-hybridized carbons (Fsp3) is 0.867. The number of ether oxygens (including phenoxy) is 1. The Balaban J connectivity index is 2.43. The van der Waals surface area contributed by atoms with Crippen LogP contribution in [0.3, 0.4) is 0 Å². The van der Waals surface area contributed by atoms with Crippen molar-refractivity contribution in [3.05, 3.63) is 0 Å². The van der Waals surface area contributed by atoms with Gasteiger partial charge in [0.2, 0.25) is 0 Å². The van der Waals surface area contributed by atoms with Crippen molar-refractivity contribution >= 4 is 11.9 Å². The lowest BCUT2D eigenvalue weighted by Crippen LogP contribution is -2.32. The number of hydrogen-bond acceptors (Lipinski definition) is 3. The molecule has 0 amide bonds. The van der Waals surface area contributed by atoms with Crippen LogP contribution in [0.1, 0.15) is 59.8 Å². The second-order valence-corrected chi connectivity index (χ2v) is 6.66. The topological polar surface area (TPSA) is 63.6 Å². The molecule has 1 aliphatic carbocycles. The van der Waals surface area contributed by atoms with Crippen molar-refractivity contribution in [3.63, 3.8) is 0 Å². The van der Waals surface area contributed by atoms with E-state index in [4.69, 9.17) is 9.84 Å². The smallest absolute Gasteiger partial charge is 0.306 e. The molecule has 0 aliphatic heterocycles. The zero-order chi connectivity index (χ0) is 14.6. The highest BCUT2D eigenvalue weighted by atomic mass is 16.5. The molecule has 0 unspecified atom stereocenters. The van der Waals surface area contributed by atoms with Crippen molar-refractivity contribution in [3.8, 4) is 0 Å². The Morgan fingerprint density at radius 1 is 1.37 bits per heavy atom. The van der Waals surface area contributed by atoms with Gasteiger partial charge in [-0.2, -0.15) is 0 Å². The van der Waals surface area contributed by atoms with Crippen LogP contribution in [-0.2, 0) is 14.3 Å². The first-order valence-electron chi connectivity index (χ1n) is 7.13. The molecule has 1 saturated carbocycles. The number of esters is 1. The van der Waals surface area contributed by atoms with E-state index in [1.54, 1.807) is 0 Å². The summed E-state index contributed by atoms with van der Waals surface area (Å²) in [7, 11) is 0. The minimum absolute atomic E-state index is 0.0458. The van der Waals surface area contributed by atoms with Crippen molar-refractivity contribution in [2.75, 3.05) is 0 Å². The van der Waals surface area contributed by atoms with Gasteiger partial charge in [-0.05, 0) is 37.5 Å². The number of carboxylic acids is 1. The van der Waals surface area contributed by atoms with Crippen molar-refractivity contribution in [1.29, 1.82) is 0 Å². The number of hydrogen-bond donors (Lipinski definition) is 1. The molecule has 3 atom stereocenters. The van der Waals surface area contributed by atoms with Crippen LogP contribution in [0.25, 0.3) is 0 Å². The lowest BCUT2D eigenvalue weighted by atomic mass is 9.71. The van der Waals surface area contributed by atoms with Gasteiger partial charge in [-0.25, -0.2) is 0 Å². The monoisotopic (exact) mass is 270 g/mol. The van der Waals surface area contributed by atoms with Crippen LogP contribution >= 0.6 is 0 Å². The van der Waals surface area contributed by atoms with Crippen LogP contribution in [-0.4, -0.2) is 23.1 Å². The molecule has 0 saturated heterocycles. The summed E-state index contributed by atoms with van der Waals surface area (Å²) in [6.07, 6.45) is 4.39. The highest BCUT2D eigenvalue weighted by Crippen LogP contribution is 2.40. The summed E-state index contributed by atoms with van der Waals surface area (Å²) in [5, 5.41) is 8.77. The Bertz CT molecular complexity index is 335. The molecule has 0 aromatic heterocycles. The second-order valence-electron chi connectivity index (χ2n) is 6.66.